The molecule has 0 spiro atoms. The number of thiophene rings is 1. The molecule has 22 heavy (non-hydrogen) atoms. The zero-order chi connectivity index (χ0) is 15.5. The van der Waals surface area contributed by atoms with Crippen molar-refractivity contribution in [1.82, 2.24) is 14.9 Å². The highest BCUT2D eigenvalue weighted by Crippen LogP contribution is 2.19. The normalized spacial score (nSPS) is 11.4. The molecule has 2 heterocycles. The number of H-pyrrole nitrogens is 1. The van der Waals surface area contributed by atoms with E-state index in [1.54, 1.807) is 40.4 Å². The molecule has 0 aliphatic heterocycles. The Kier molecular flexibility index (Phi) is 4.73. The topological polar surface area (TPSA) is 46.0 Å². The van der Waals surface area contributed by atoms with E-state index in [9.17, 15) is 0 Å². The maximum atomic E-state index is 6.13. The Morgan fingerprint density at radius 2 is 2.23 bits per heavy atom. The van der Waals surface area contributed by atoms with E-state index < -0.39 is 0 Å². The fourth-order valence-electron chi connectivity index (χ4n) is 1.85. The lowest BCUT2D eigenvalue weighted by Gasteiger charge is -2.01. The zero-order valence-corrected chi connectivity index (χ0v) is 14.3. The van der Waals surface area contributed by atoms with Crippen LogP contribution >= 0.6 is 46.8 Å². The molecule has 0 atom stereocenters. The van der Waals surface area contributed by atoms with Crippen LogP contribution in [0.4, 0.5) is 0 Å². The van der Waals surface area contributed by atoms with Crippen LogP contribution in [0.3, 0.4) is 0 Å². The molecular formula is C14H10Cl2N4S2. The van der Waals surface area contributed by atoms with Crippen LogP contribution in [0.15, 0.2) is 40.8 Å². The first-order valence-electron chi connectivity index (χ1n) is 6.31. The fourth-order valence-corrected chi connectivity index (χ4v) is 3.21. The van der Waals surface area contributed by atoms with Gasteiger partial charge in [0.1, 0.15) is 0 Å². The molecule has 0 amide bonds. The van der Waals surface area contributed by atoms with Crippen molar-refractivity contribution in [2.75, 3.05) is 0 Å². The van der Waals surface area contributed by atoms with Crippen molar-refractivity contribution >= 4 is 53.0 Å². The highest BCUT2D eigenvalue weighted by atomic mass is 35.5. The van der Waals surface area contributed by atoms with E-state index in [1.165, 1.54) is 4.88 Å². The van der Waals surface area contributed by atoms with Gasteiger partial charge in [-0.15, -0.1) is 11.3 Å². The standard InChI is InChI=1S/C14H10Cl2N4S2/c15-10-4-3-9(12(16)6-10)8-17-20-13(18-19-14(20)21)7-11-2-1-5-22-11/h1-6,8H,7H2,(H,19,21)/b17-8-. The minimum atomic E-state index is 0.438. The van der Waals surface area contributed by atoms with Crippen LogP contribution in [0.5, 0.6) is 0 Å². The number of aromatic nitrogens is 3. The van der Waals surface area contributed by atoms with Gasteiger partial charge in [-0.1, -0.05) is 35.3 Å². The van der Waals surface area contributed by atoms with E-state index in [0.717, 1.165) is 11.4 Å². The van der Waals surface area contributed by atoms with E-state index in [2.05, 4.69) is 15.3 Å². The third-order valence-corrected chi connectivity index (χ3v) is 4.61. The molecule has 3 rings (SSSR count). The van der Waals surface area contributed by atoms with Gasteiger partial charge in [-0.3, -0.25) is 5.10 Å². The van der Waals surface area contributed by atoms with Crippen molar-refractivity contribution in [3.05, 3.63) is 66.8 Å². The molecule has 8 heteroatoms. The molecule has 0 radical (unpaired) electrons. The molecule has 2 aromatic heterocycles. The second kappa shape index (κ2) is 6.75. The summed E-state index contributed by atoms with van der Waals surface area (Å²) >= 11 is 18.9. The van der Waals surface area contributed by atoms with Crippen molar-refractivity contribution in [1.29, 1.82) is 0 Å². The minimum absolute atomic E-state index is 0.438. The molecule has 1 N–H and O–H groups in total. The fraction of sp³-hybridized carbons (Fsp3) is 0.0714. The van der Waals surface area contributed by atoms with Crippen LogP contribution in [0.2, 0.25) is 10.0 Å². The predicted octanol–water partition coefficient (Wildman–Crippen LogP) is 4.78. The molecule has 1 aromatic carbocycles. The van der Waals surface area contributed by atoms with Gasteiger partial charge in [0, 0.05) is 21.9 Å². The van der Waals surface area contributed by atoms with Crippen LogP contribution < -0.4 is 0 Å². The number of aromatic amines is 1. The van der Waals surface area contributed by atoms with E-state index >= 15 is 0 Å². The van der Waals surface area contributed by atoms with Crippen LogP contribution in [0.25, 0.3) is 0 Å². The Labute approximate surface area is 146 Å². The van der Waals surface area contributed by atoms with Gasteiger partial charge in [-0.25, -0.2) is 0 Å². The van der Waals surface area contributed by atoms with E-state index in [4.69, 9.17) is 35.4 Å². The Morgan fingerprint density at radius 1 is 1.36 bits per heavy atom. The van der Waals surface area contributed by atoms with Crippen molar-refractivity contribution in [2.24, 2.45) is 5.10 Å². The number of halogens is 2. The average Bonchev–Trinajstić information content (AvgIpc) is 3.10. The summed E-state index contributed by atoms with van der Waals surface area (Å²) in [5, 5.41) is 14.5. The smallest absolute Gasteiger partial charge is 0.216 e. The van der Waals surface area contributed by atoms with Crippen molar-refractivity contribution in [2.45, 2.75) is 6.42 Å². The van der Waals surface area contributed by atoms with Gasteiger partial charge in [0.2, 0.25) is 4.77 Å². The van der Waals surface area contributed by atoms with Gasteiger partial charge in [0.05, 0.1) is 11.2 Å². The number of benzene rings is 1. The van der Waals surface area contributed by atoms with E-state index in [0.29, 0.717) is 21.2 Å². The summed E-state index contributed by atoms with van der Waals surface area (Å²) in [7, 11) is 0. The summed E-state index contributed by atoms with van der Waals surface area (Å²) < 4.78 is 2.04. The largest absolute Gasteiger partial charge is 0.250 e. The molecule has 0 fully saturated rings. The van der Waals surface area contributed by atoms with Crippen LogP contribution in [0, 0.1) is 4.77 Å². The number of hydrogen-bond donors (Lipinski definition) is 1. The number of nitrogens with one attached hydrogen (secondary N) is 1. The molecule has 0 aliphatic rings. The molecule has 0 bridgehead atoms. The SMILES string of the molecule is S=c1[nH]nc(Cc2cccs2)n1/N=C\c1ccc(Cl)cc1Cl. The summed E-state index contributed by atoms with van der Waals surface area (Å²) in [4.78, 5) is 1.19. The first-order valence-corrected chi connectivity index (χ1v) is 8.36. The lowest BCUT2D eigenvalue weighted by atomic mass is 10.2. The molecule has 0 saturated carbocycles. The molecule has 0 saturated heterocycles. The van der Waals surface area contributed by atoms with Gasteiger partial charge in [0.15, 0.2) is 5.82 Å². The first-order chi connectivity index (χ1) is 10.6. The maximum Gasteiger partial charge on any atom is 0.216 e. The Hall–Kier alpha value is -1.47. The Balaban J connectivity index is 1.90. The second-order valence-electron chi connectivity index (χ2n) is 4.42. The monoisotopic (exact) mass is 368 g/mol. The third-order valence-electron chi connectivity index (χ3n) is 2.90. The summed E-state index contributed by atoms with van der Waals surface area (Å²) in [6.45, 7) is 0. The Morgan fingerprint density at radius 3 is 2.95 bits per heavy atom. The predicted molar refractivity (Wildman–Crippen MR) is 94.0 cm³/mol. The van der Waals surface area contributed by atoms with Crippen molar-refractivity contribution < 1.29 is 0 Å². The lowest BCUT2D eigenvalue weighted by molar-refractivity contribution is 0.795. The molecule has 4 nitrogen and oxygen atoms in total. The summed E-state index contributed by atoms with van der Waals surface area (Å²) in [6, 6.07) is 9.29. The van der Waals surface area contributed by atoms with Gasteiger partial charge in [0.25, 0.3) is 0 Å². The molecule has 0 aliphatic carbocycles. The van der Waals surface area contributed by atoms with Crippen LogP contribution in [-0.2, 0) is 6.42 Å². The lowest BCUT2D eigenvalue weighted by Crippen LogP contribution is -1.99. The van der Waals surface area contributed by atoms with Crippen molar-refractivity contribution in [3.8, 4) is 0 Å². The van der Waals surface area contributed by atoms with E-state index in [1.807, 2.05) is 17.5 Å². The minimum Gasteiger partial charge on any atom is -0.250 e. The molecular weight excluding hydrogens is 359 g/mol. The van der Waals surface area contributed by atoms with Gasteiger partial charge < -0.3 is 0 Å². The number of rotatable bonds is 4. The van der Waals surface area contributed by atoms with Crippen LogP contribution in [-0.4, -0.2) is 21.1 Å². The molecule has 0 unspecified atom stereocenters. The third kappa shape index (κ3) is 3.47. The van der Waals surface area contributed by atoms with Gasteiger partial charge in [-0.2, -0.15) is 14.9 Å². The second-order valence-corrected chi connectivity index (χ2v) is 6.69. The van der Waals surface area contributed by atoms with Crippen LogP contribution in [0.1, 0.15) is 16.3 Å². The van der Waals surface area contributed by atoms with Gasteiger partial charge >= 0.3 is 0 Å². The Bertz CT molecular complexity index is 865. The molecule has 3 aromatic rings. The number of hydrogen-bond acceptors (Lipinski definition) is 4. The summed E-state index contributed by atoms with van der Waals surface area (Å²) in [5.74, 6) is 0.744. The maximum absolute atomic E-state index is 6.13. The van der Waals surface area contributed by atoms with Gasteiger partial charge in [-0.05, 0) is 35.8 Å². The van der Waals surface area contributed by atoms with Crippen molar-refractivity contribution in [3.63, 3.8) is 0 Å². The molecule has 112 valence electrons. The zero-order valence-electron chi connectivity index (χ0n) is 11.2. The average molecular weight is 369 g/mol. The highest BCUT2D eigenvalue weighted by Gasteiger charge is 2.07. The van der Waals surface area contributed by atoms with E-state index in [-0.39, 0.29) is 0 Å². The number of nitrogens with zero attached hydrogens (tertiary/aromatic N) is 3. The summed E-state index contributed by atoms with van der Waals surface area (Å²) in [5.41, 5.74) is 0.760. The first kappa shape index (κ1) is 15.4. The quantitative estimate of drug-likeness (QED) is 0.531. The summed E-state index contributed by atoms with van der Waals surface area (Å²) in [6.07, 6.45) is 2.30. The highest BCUT2D eigenvalue weighted by molar-refractivity contribution is 7.71.